The van der Waals surface area contributed by atoms with Gasteiger partial charge in [0.15, 0.2) is 0 Å². The Labute approximate surface area is 135 Å². The standard InChI is InChI=1S/C18H22BrNO/c1-4-8-21-15-7-5-6-14(11-15)18(20)16-9-13(3)17(19)10-12(16)2/h5-7,9-11,18H,4,8,20H2,1-3H3. The summed E-state index contributed by atoms with van der Waals surface area (Å²) >= 11 is 3.56. The molecular formula is C18H22BrNO. The lowest BCUT2D eigenvalue weighted by molar-refractivity contribution is 0.317. The maximum atomic E-state index is 6.46. The Hall–Kier alpha value is -1.32. The quantitative estimate of drug-likeness (QED) is 0.834. The SMILES string of the molecule is CCCOc1cccc(C(N)c2cc(C)c(Br)cc2C)c1. The van der Waals surface area contributed by atoms with Gasteiger partial charge in [0.1, 0.15) is 5.75 Å². The molecule has 3 heteroatoms. The molecule has 0 bridgehead atoms. The Balaban J connectivity index is 2.31. The highest BCUT2D eigenvalue weighted by Crippen LogP contribution is 2.29. The molecule has 1 unspecified atom stereocenters. The molecule has 0 saturated carbocycles. The van der Waals surface area contributed by atoms with Crippen LogP contribution in [0.1, 0.15) is 41.6 Å². The monoisotopic (exact) mass is 347 g/mol. The number of hydrogen-bond donors (Lipinski definition) is 1. The molecule has 0 saturated heterocycles. The lowest BCUT2D eigenvalue weighted by Crippen LogP contribution is -2.14. The van der Waals surface area contributed by atoms with Crippen molar-refractivity contribution < 1.29 is 4.74 Å². The number of aryl methyl sites for hydroxylation is 2. The molecule has 2 rings (SSSR count). The van der Waals surface area contributed by atoms with Crippen molar-refractivity contribution in [1.82, 2.24) is 0 Å². The zero-order valence-electron chi connectivity index (χ0n) is 12.8. The Bertz CT molecular complexity index is 625. The van der Waals surface area contributed by atoms with Crippen LogP contribution in [0, 0.1) is 13.8 Å². The lowest BCUT2D eigenvalue weighted by atomic mass is 9.94. The van der Waals surface area contributed by atoms with E-state index in [0.29, 0.717) is 0 Å². The summed E-state index contributed by atoms with van der Waals surface area (Å²) in [5.41, 5.74) is 11.1. The predicted octanol–water partition coefficient (Wildman–Crippen LogP) is 4.90. The van der Waals surface area contributed by atoms with E-state index in [1.165, 1.54) is 11.1 Å². The zero-order valence-corrected chi connectivity index (χ0v) is 14.4. The molecule has 0 fully saturated rings. The van der Waals surface area contributed by atoms with Crippen LogP contribution in [-0.4, -0.2) is 6.61 Å². The van der Waals surface area contributed by atoms with Gasteiger partial charge in [-0.1, -0.05) is 41.1 Å². The second-order valence-electron chi connectivity index (χ2n) is 5.36. The summed E-state index contributed by atoms with van der Waals surface area (Å²) in [6.45, 7) is 7.01. The normalized spacial score (nSPS) is 12.2. The van der Waals surface area contributed by atoms with Crippen molar-refractivity contribution in [1.29, 1.82) is 0 Å². The van der Waals surface area contributed by atoms with Gasteiger partial charge in [0.05, 0.1) is 12.6 Å². The third-order valence-electron chi connectivity index (χ3n) is 3.57. The van der Waals surface area contributed by atoms with E-state index < -0.39 is 0 Å². The van der Waals surface area contributed by atoms with Gasteiger partial charge in [-0.05, 0) is 60.7 Å². The highest BCUT2D eigenvalue weighted by molar-refractivity contribution is 9.10. The van der Waals surface area contributed by atoms with E-state index >= 15 is 0 Å². The van der Waals surface area contributed by atoms with Gasteiger partial charge in [0.2, 0.25) is 0 Å². The van der Waals surface area contributed by atoms with Crippen molar-refractivity contribution in [3.8, 4) is 5.75 Å². The summed E-state index contributed by atoms with van der Waals surface area (Å²) in [6.07, 6.45) is 1.00. The average molecular weight is 348 g/mol. The summed E-state index contributed by atoms with van der Waals surface area (Å²) < 4.78 is 6.81. The molecule has 0 aliphatic rings. The van der Waals surface area contributed by atoms with E-state index in [9.17, 15) is 0 Å². The van der Waals surface area contributed by atoms with Gasteiger partial charge in [-0.25, -0.2) is 0 Å². The third-order valence-corrected chi connectivity index (χ3v) is 4.43. The fourth-order valence-electron chi connectivity index (χ4n) is 2.34. The minimum atomic E-state index is -0.137. The number of rotatable bonds is 5. The molecule has 2 aromatic rings. The van der Waals surface area contributed by atoms with Crippen LogP contribution >= 0.6 is 15.9 Å². The first-order chi connectivity index (χ1) is 10.0. The Morgan fingerprint density at radius 2 is 1.90 bits per heavy atom. The number of ether oxygens (including phenoxy) is 1. The van der Waals surface area contributed by atoms with Gasteiger partial charge in [-0.15, -0.1) is 0 Å². The van der Waals surface area contributed by atoms with Gasteiger partial charge in [-0.3, -0.25) is 0 Å². The fourth-order valence-corrected chi connectivity index (χ4v) is 2.79. The summed E-state index contributed by atoms with van der Waals surface area (Å²) in [4.78, 5) is 0. The maximum Gasteiger partial charge on any atom is 0.119 e. The zero-order chi connectivity index (χ0) is 15.4. The summed E-state index contributed by atoms with van der Waals surface area (Å²) in [7, 11) is 0. The number of hydrogen-bond acceptors (Lipinski definition) is 2. The van der Waals surface area contributed by atoms with Crippen molar-refractivity contribution in [2.24, 2.45) is 5.73 Å². The molecule has 2 aromatic carbocycles. The second-order valence-corrected chi connectivity index (χ2v) is 6.21. The first kappa shape index (κ1) is 16.1. The van der Waals surface area contributed by atoms with Gasteiger partial charge in [0, 0.05) is 4.47 Å². The predicted molar refractivity (Wildman–Crippen MR) is 91.9 cm³/mol. The van der Waals surface area contributed by atoms with Crippen LogP contribution in [-0.2, 0) is 0 Å². The third kappa shape index (κ3) is 3.86. The van der Waals surface area contributed by atoms with Crippen LogP contribution in [0.3, 0.4) is 0 Å². The number of nitrogens with two attached hydrogens (primary N) is 1. The smallest absolute Gasteiger partial charge is 0.119 e. The molecule has 0 aliphatic heterocycles. The number of benzene rings is 2. The minimum Gasteiger partial charge on any atom is -0.494 e. The second kappa shape index (κ2) is 7.10. The maximum absolute atomic E-state index is 6.46. The fraction of sp³-hybridized carbons (Fsp3) is 0.333. The van der Waals surface area contributed by atoms with Crippen molar-refractivity contribution >= 4 is 15.9 Å². The summed E-state index contributed by atoms with van der Waals surface area (Å²) in [6, 6.07) is 12.2. The van der Waals surface area contributed by atoms with Crippen molar-refractivity contribution in [3.63, 3.8) is 0 Å². The molecule has 0 spiro atoms. The van der Waals surface area contributed by atoms with Crippen LogP contribution in [0.2, 0.25) is 0 Å². The summed E-state index contributed by atoms with van der Waals surface area (Å²) in [5.74, 6) is 0.885. The summed E-state index contributed by atoms with van der Waals surface area (Å²) in [5, 5.41) is 0. The minimum absolute atomic E-state index is 0.137. The first-order valence-electron chi connectivity index (χ1n) is 7.28. The van der Waals surface area contributed by atoms with Crippen molar-refractivity contribution in [3.05, 3.63) is 63.1 Å². The van der Waals surface area contributed by atoms with Crippen molar-refractivity contribution in [2.75, 3.05) is 6.61 Å². The van der Waals surface area contributed by atoms with Gasteiger partial charge in [-0.2, -0.15) is 0 Å². The molecule has 2 nitrogen and oxygen atoms in total. The van der Waals surface area contributed by atoms with Crippen LogP contribution < -0.4 is 10.5 Å². The molecule has 0 amide bonds. The molecule has 2 N–H and O–H groups in total. The number of halogens is 1. The van der Waals surface area contributed by atoms with E-state index in [1.807, 2.05) is 18.2 Å². The van der Waals surface area contributed by atoms with E-state index in [-0.39, 0.29) is 6.04 Å². The topological polar surface area (TPSA) is 35.2 Å². The van der Waals surface area contributed by atoms with E-state index in [2.05, 4.69) is 54.9 Å². The molecule has 21 heavy (non-hydrogen) atoms. The van der Waals surface area contributed by atoms with E-state index in [1.54, 1.807) is 0 Å². The van der Waals surface area contributed by atoms with Gasteiger partial charge >= 0.3 is 0 Å². The lowest BCUT2D eigenvalue weighted by Gasteiger charge is -2.18. The van der Waals surface area contributed by atoms with Crippen molar-refractivity contribution in [2.45, 2.75) is 33.2 Å². The Morgan fingerprint density at radius 1 is 1.14 bits per heavy atom. The van der Waals surface area contributed by atoms with Gasteiger partial charge in [0.25, 0.3) is 0 Å². The highest BCUT2D eigenvalue weighted by atomic mass is 79.9. The molecular weight excluding hydrogens is 326 g/mol. The Morgan fingerprint density at radius 3 is 2.62 bits per heavy atom. The highest BCUT2D eigenvalue weighted by Gasteiger charge is 2.13. The molecule has 0 radical (unpaired) electrons. The van der Waals surface area contributed by atoms with Crippen LogP contribution in [0.25, 0.3) is 0 Å². The van der Waals surface area contributed by atoms with Crippen LogP contribution in [0.5, 0.6) is 5.75 Å². The molecule has 0 aromatic heterocycles. The largest absolute Gasteiger partial charge is 0.494 e. The van der Waals surface area contributed by atoms with Crippen LogP contribution in [0.15, 0.2) is 40.9 Å². The molecule has 0 aliphatic carbocycles. The van der Waals surface area contributed by atoms with E-state index in [4.69, 9.17) is 10.5 Å². The molecule has 0 heterocycles. The Kier molecular flexibility index (Phi) is 5.43. The van der Waals surface area contributed by atoms with E-state index in [0.717, 1.165) is 34.4 Å². The molecule has 1 atom stereocenters. The van der Waals surface area contributed by atoms with Crippen LogP contribution in [0.4, 0.5) is 0 Å². The van der Waals surface area contributed by atoms with Gasteiger partial charge < -0.3 is 10.5 Å². The first-order valence-corrected chi connectivity index (χ1v) is 8.07. The molecule has 112 valence electrons. The average Bonchev–Trinajstić information content (AvgIpc) is 2.48.